The van der Waals surface area contributed by atoms with E-state index in [1.807, 2.05) is 30.3 Å². The zero-order valence-electron chi connectivity index (χ0n) is 18.3. The molecule has 0 fully saturated rings. The molecule has 0 atom stereocenters. The van der Waals surface area contributed by atoms with Gasteiger partial charge in [-0.25, -0.2) is 14.5 Å². The van der Waals surface area contributed by atoms with Gasteiger partial charge in [-0.05, 0) is 6.92 Å². The molecule has 0 aliphatic carbocycles. The summed E-state index contributed by atoms with van der Waals surface area (Å²) in [7, 11) is -11.7. The molecule has 2 rings (SSSR count). The summed E-state index contributed by atoms with van der Waals surface area (Å²) in [4.78, 5) is 15.5. The van der Waals surface area contributed by atoms with Crippen LogP contribution in [0.5, 0.6) is 0 Å². The maximum absolute atomic E-state index is 11.8. The number of carbonyl (C=O) groups excluding carboxylic acids is 1. The minimum atomic E-state index is -5.84. The van der Waals surface area contributed by atoms with Gasteiger partial charge in [0.25, 0.3) is 0 Å². The fraction of sp³-hybridized carbons (Fsp3) is 0.312. The van der Waals surface area contributed by atoms with Crippen LogP contribution in [0.25, 0.3) is 0 Å². The number of benzene rings is 1. The number of carbonyl (C=O) groups is 1. The first-order valence-corrected chi connectivity index (χ1v) is 12.5. The number of alkyl halides is 6. The summed E-state index contributed by atoms with van der Waals surface area (Å²) in [6.07, 6.45) is 1.38. The zero-order valence-corrected chi connectivity index (χ0v) is 23.7. The third-order valence-corrected chi connectivity index (χ3v) is 4.98. The Morgan fingerprint density at radius 2 is 1.49 bits per heavy atom. The topological polar surface area (TPSA) is 174 Å². The first kappa shape index (κ1) is 37.0. The van der Waals surface area contributed by atoms with Gasteiger partial charge in [-0.2, -0.15) is 43.2 Å². The molecule has 1 heterocycles. The van der Waals surface area contributed by atoms with Crippen molar-refractivity contribution in [1.82, 2.24) is 4.98 Å². The van der Waals surface area contributed by atoms with E-state index in [0.717, 1.165) is 10.3 Å². The third kappa shape index (κ3) is 15.0. The molecule has 2 aromatic rings. The van der Waals surface area contributed by atoms with Crippen molar-refractivity contribution in [3.05, 3.63) is 57.2 Å². The van der Waals surface area contributed by atoms with E-state index in [1.165, 1.54) is 17.6 Å². The Labute approximate surface area is 222 Å². The van der Waals surface area contributed by atoms with Crippen molar-refractivity contribution in [3.8, 4) is 0 Å². The summed E-state index contributed by atoms with van der Waals surface area (Å²) in [5, 5.41) is 13.9. The van der Waals surface area contributed by atoms with Gasteiger partial charge < -0.3 is 9.94 Å². The van der Waals surface area contributed by atoms with E-state index in [9.17, 15) is 36.3 Å². The summed E-state index contributed by atoms with van der Waals surface area (Å²) < 4.78 is 121. The number of ether oxygens (including phenoxy) is 1. The van der Waals surface area contributed by atoms with Crippen molar-refractivity contribution in [2.45, 2.75) is 24.5 Å². The van der Waals surface area contributed by atoms with Crippen molar-refractivity contribution in [2.75, 3.05) is 6.61 Å². The van der Waals surface area contributed by atoms with Crippen molar-refractivity contribution in [2.24, 2.45) is 0 Å². The molecule has 0 saturated carbocycles. The van der Waals surface area contributed by atoms with Gasteiger partial charge in [0.1, 0.15) is 0 Å². The summed E-state index contributed by atoms with van der Waals surface area (Å²) in [6, 6.07) is 9.42. The van der Waals surface area contributed by atoms with Crippen LogP contribution in [-0.4, -0.2) is 65.5 Å². The number of rotatable bonds is 5. The smallest absolute Gasteiger partial charge is 0.522 e. The second-order valence-electron chi connectivity index (χ2n) is 5.82. The fourth-order valence-corrected chi connectivity index (χ4v) is 2.29. The molecule has 1 aromatic heterocycles. The van der Waals surface area contributed by atoms with E-state index in [0.29, 0.717) is 11.6 Å². The first-order valence-electron chi connectivity index (χ1n) is 8.71. The number of hydrogen-bond donors (Lipinski definition) is 2. The minimum Gasteiger partial charge on any atom is -0.623 e. The monoisotopic (exact) mass is 654 g/mol. The van der Waals surface area contributed by atoms with Crippen LogP contribution in [0, 0.1) is 5.21 Å². The van der Waals surface area contributed by atoms with Crippen molar-refractivity contribution < 1.29 is 86.0 Å². The van der Waals surface area contributed by atoms with Crippen LogP contribution in [0.15, 0.2) is 35.7 Å². The molecule has 0 saturated heterocycles. The standard InChI is InChI=1S/C14H14N2O3S.2CHF3O3S.Zn/c1-2-19-14(17)12-10-20-13(15-12)9-16(18)8-11-6-4-3-5-7-11;2*2-1(3,4)8(5,6)7;/h3-7,9-10H,2,8H2,1H3;2*(H,5,6,7);/b16-9-;;;. The summed E-state index contributed by atoms with van der Waals surface area (Å²) in [5.41, 5.74) is -9.92. The first-order chi connectivity index (χ1) is 16.2. The molecule has 0 aliphatic heterocycles. The van der Waals surface area contributed by atoms with Gasteiger partial charge in [0.2, 0.25) is 6.21 Å². The molecular weight excluding hydrogens is 640 g/mol. The van der Waals surface area contributed by atoms with Crippen molar-refractivity contribution in [3.63, 3.8) is 0 Å². The van der Waals surface area contributed by atoms with Gasteiger partial charge in [-0.15, -0.1) is 11.3 Å². The molecule has 0 spiro atoms. The molecule has 0 bridgehead atoms. The largest absolute Gasteiger partial charge is 0.623 e. The predicted molar refractivity (Wildman–Crippen MR) is 112 cm³/mol. The van der Waals surface area contributed by atoms with Crippen molar-refractivity contribution in [1.29, 1.82) is 0 Å². The second-order valence-corrected chi connectivity index (χ2v) is 9.54. The van der Waals surface area contributed by atoms with Crippen LogP contribution >= 0.6 is 11.3 Å². The number of thiazole rings is 1. The number of hydroxylamine groups is 1. The quantitative estimate of drug-likeness (QED) is 0.0560. The molecule has 21 heteroatoms. The van der Waals surface area contributed by atoms with Crippen LogP contribution in [0.4, 0.5) is 26.3 Å². The number of halogens is 6. The Balaban J connectivity index is 0. The van der Waals surface area contributed by atoms with E-state index in [-0.39, 0.29) is 31.7 Å². The molecule has 0 aliphatic rings. The van der Waals surface area contributed by atoms with Crippen LogP contribution in [0.3, 0.4) is 0 Å². The predicted octanol–water partition coefficient (Wildman–Crippen LogP) is 3.23. The van der Waals surface area contributed by atoms with Gasteiger partial charge in [0.15, 0.2) is 17.2 Å². The normalized spacial score (nSPS) is 12.2. The van der Waals surface area contributed by atoms with Gasteiger partial charge in [0, 0.05) is 30.4 Å². The van der Waals surface area contributed by atoms with Gasteiger partial charge >= 0.3 is 37.2 Å². The van der Waals surface area contributed by atoms with Gasteiger partial charge in [0.05, 0.1) is 6.61 Å². The Bertz CT molecular complexity index is 1190. The molecule has 1 aromatic carbocycles. The Morgan fingerprint density at radius 3 is 1.86 bits per heavy atom. The van der Waals surface area contributed by atoms with Crippen LogP contribution in [0.2, 0.25) is 0 Å². The third-order valence-electron chi connectivity index (χ3n) is 3.03. The fourth-order valence-electron chi connectivity index (χ4n) is 1.58. The molecular formula is C16H16F6N2O9S3Zn. The van der Waals surface area contributed by atoms with Crippen LogP contribution in [-0.2, 0) is 51.0 Å². The van der Waals surface area contributed by atoms with Gasteiger partial charge in [-0.1, -0.05) is 30.3 Å². The number of esters is 1. The molecule has 0 amide bonds. The summed E-state index contributed by atoms with van der Waals surface area (Å²) >= 11 is 1.23. The number of hydrogen-bond acceptors (Lipinski definition) is 9. The van der Waals surface area contributed by atoms with E-state index >= 15 is 0 Å². The van der Waals surface area contributed by atoms with E-state index in [4.69, 9.17) is 30.7 Å². The van der Waals surface area contributed by atoms with E-state index < -0.39 is 37.2 Å². The Hall–Kier alpha value is -2.19. The molecule has 2 N–H and O–H groups in total. The summed E-state index contributed by atoms with van der Waals surface area (Å²) in [6.45, 7) is 2.28. The minimum absolute atomic E-state index is 0. The average molecular weight is 656 g/mol. The number of aromatic nitrogens is 1. The molecule has 0 unspecified atom stereocenters. The van der Waals surface area contributed by atoms with E-state index in [2.05, 4.69) is 4.98 Å². The van der Waals surface area contributed by atoms with E-state index in [1.54, 1.807) is 12.3 Å². The van der Waals surface area contributed by atoms with Crippen molar-refractivity contribution >= 4 is 43.8 Å². The zero-order chi connectivity index (χ0) is 28.4. The van der Waals surface area contributed by atoms with Crippen LogP contribution < -0.4 is 0 Å². The SMILES string of the molecule is CCOC(=O)c1csc(/C=[N+](\[O-])Cc2ccccc2)n1.O=S(=O)(O)C(F)(F)F.O=S(=O)(O)C(F)(F)F.[Zn]. The number of nitrogens with zero attached hydrogens (tertiary/aromatic N) is 2. The second kappa shape index (κ2) is 15.3. The molecule has 0 radical (unpaired) electrons. The Kier molecular flexibility index (Phi) is 15.3. The summed E-state index contributed by atoms with van der Waals surface area (Å²) in [5.74, 6) is -0.469. The maximum Gasteiger partial charge on any atom is 0.522 e. The van der Waals surface area contributed by atoms with Crippen LogP contribution in [0.1, 0.15) is 28.0 Å². The molecule has 206 valence electrons. The molecule has 11 nitrogen and oxygen atoms in total. The maximum atomic E-state index is 11.8. The molecule has 37 heavy (non-hydrogen) atoms. The Morgan fingerprint density at radius 1 is 1.05 bits per heavy atom. The van der Waals surface area contributed by atoms with Gasteiger partial charge in [-0.3, -0.25) is 9.11 Å². The average Bonchev–Trinajstić information content (AvgIpc) is 3.15.